The summed E-state index contributed by atoms with van der Waals surface area (Å²) in [4.78, 5) is 17.7. The van der Waals surface area contributed by atoms with Gasteiger partial charge in [-0.05, 0) is 49.2 Å². The van der Waals surface area contributed by atoms with Crippen LogP contribution in [0.25, 0.3) is 11.3 Å². The van der Waals surface area contributed by atoms with Crippen molar-refractivity contribution in [3.8, 4) is 11.3 Å². The molecule has 0 atom stereocenters. The molecule has 0 saturated heterocycles. The first-order chi connectivity index (χ1) is 13.9. The van der Waals surface area contributed by atoms with Crippen molar-refractivity contribution in [1.29, 1.82) is 0 Å². The van der Waals surface area contributed by atoms with Gasteiger partial charge in [-0.1, -0.05) is 31.0 Å². The molecule has 1 fully saturated rings. The van der Waals surface area contributed by atoms with Gasteiger partial charge in [0, 0.05) is 10.9 Å². The number of nitrogens with zero attached hydrogens (tertiary/aromatic N) is 1. The topological polar surface area (TPSA) is 76.1 Å². The number of carbonyl (C=O) groups excluding carboxylic acids is 1. The van der Waals surface area contributed by atoms with Crippen LogP contribution in [0.3, 0.4) is 0 Å². The molecule has 1 heterocycles. The number of carbonyl (C=O) groups is 1. The van der Waals surface area contributed by atoms with Crippen molar-refractivity contribution in [2.75, 3.05) is 5.32 Å². The Labute approximate surface area is 172 Å². The molecule has 1 N–H and O–H groups in total. The maximum Gasteiger partial charge on any atom is 0.248 e. The fraction of sp³-hybridized carbons (Fsp3) is 0.238. The van der Waals surface area contributed by atoms with Crippen LogP contribution in [-0.2, 0) is 14.6 Å². The van der Waals surface area contributed by atoms with Gasteiger partial charge in [0.05, 0.1) is 10.6 Å². The van der Waals surface area contributed by atoms with Crippen molar-refractivity contribution >= 4 is 32.2 Å². The van der Waals surface area contributed by atoms with E-state index in [0.717, 1.165) is 5.56 Å². The standard InChI is InChI=1S/C21H19FN2O3S2/c22-16-10-8-15(9-11-16)18-14-28-20(23-18)24-19(25)21(12-4-5-13-21)29(26,27)17-6-2-1-3-7-17/h1-3,6-11,14H,4-5,12-13H2,(H,23,24,25). The minimum atomic E-state index is -3.85. The molecule has 0 aliphatic heterocycles. The molecule has 5 nitrogen and oxygen atoms in total. The van der Waals surface area contributed by atoms with Crippen molar-refractivity contribution < 1.29 is 17.6 Å². The van der Waals surface area contributed by atoms with Crippen molar-refractivity contribution in [2.24, 2.45) is 0 Å². The minimum absolute atomic E-state index is 0.156. The van der Waals surface area contributed by atoms with Crippen molar-refractivity contribution in [1.82, 2.24) is 4.98 Å². The third kappa shape index (κ3) is 3.58. The van der Waals surface area contributed by atoms with E-state index in [1.165, 1.54) is 35.6 Å². The predicted molar refractivity (Wildman–Crippen MR) is 111 cm³/mol. The van der Waals surface area contributed by atoms with Gasteiger partial charge < -0.3 is 5.32 Å². The fourth-order valence-corrected chi connectivity index (χ4v) is 6.49. The van der Waals surface area contributed by atoms with E-state index in [1.54, 1.807) is 35.7 Å². The first kappa shape index (κ1) is 19.7. The Morgan fingerprint density at radius 2 is 1.69 bits per heavy atom. The molecule has 1 aliphatic rings. The van der Waals surface area contributed by atoms with Crippen molar-refractivity contribution in [3.05, 3.63) is 65.8 Å². The van der Waals surface area contributed by atoms with Crippen LogP contribution in [0, 0.1) is 5.82 Å². The smallest absolute Gasteiger partial charge is 0.248 e. The summed E-state index contributed by atoms with van der Waals surface area (Å²) in [6, 6.07) is 14.0. The Hall–Kier alpha value is -2.58. The number of amides is 1. The largest absolute Gasteiger partial charge is 0.301 e. The Morgan fingerprint density at radius 1 is 1.03 bits per heavy atom. The first-order valence-electron chi connectivity index (χ1n) is 9.25. The van der Waals surface area contributed by atoms with Gasteiger partial charge in [-0.25, -0.2) is 17.8 Å². The number of thiazole rings is 1. The molecule has 8 heteroatoms. The number of anilines is 1. The molecular formula is C21H19FN2O3S2. The highest BCUT2D eigenvalue weighted by atomic mass is 32.2. The molecular weight excluding hydrogens is 411 g/mol. The molecule has 4 rings (SSSR count). The first-order valence-corrected chi connectivity index (χ1v) is 11.6. The molecule has 1 amide bonds. The second kappa shape index (κ2) is 7.68. The zero-order valence-corrected chi connectivity index (χ0v) is 17.1. The highest BCUT2D eigenvalue weighted by Gasteiger charge is 2.53. The van der Waals surface area contributed by atoms with E-state index in [4.69, 9.17) is 0 Å². The molecule has 29 heavy (non-hydrogen) atoms. The van der Waals surface area contributed by atoms with E-state index >= 15 is 0 Å². The molecule has 1 aromatic heterocycles. The molecule has 2 aromatic carbocycles. The Balaban J connectivity index is 1.62. The monoisotopic (exact) mass is 430 g/mol. The van der Waals surface area contributed by atoms with Gasteiger partial charge in [-0.2, -0.15) is 0 Å². The summed E-state index contributed by atoms with van der Waals surface area (Å²) in [6.45, 7) is 0. The number of aromatic nitrogens is 1. The van der Waals surface area contributed by atoms with Crippen LogP contribution in [0.4, 0.5) is 9.52 Å². The second-order valence-corrected chi connectivity index (χ2v) is 10.1. The summed E-state index contributed by atoms with van der Waals surface area (Å²) < 4.78 is 38.3. The SMILES string of the molecule is O=C(Nc1nc(-c2ccc(F)cc2)cs1)C1(S(=O)(=O)c2ccccc2)CCCC1. The Kier molecular flexibility index (Phi) is 5.23. The lowest BCUT2D eigenvalue weighted by atomic mass is 10.1. The lowest BCUT2D eigenvalue weighted by Gasteiger charge is -2.27. The number of rotatable bonds is 5. The number of halogens is 1. The van der Waals surface area contributed by atoms with Crippen LogP contribution in [0.15, 0.2) is 64.9 Å². The van der Waals surface area contributed by atoms with Crippen LogP contribution in [-0.4, -0.2) is 24.1 Å². The highest BCUT2D eigenvalue weighted by molar-refractivity contribution is 7.93. The normalized spacial score (nSPS) is 15.9. The number of benzene rings is 2. The maximum absolute atomic E-state index is 13.3. The molecule has 0 spiro atoms. The zero-order valence-electron chi connectivity index (χ0n) is 15.5. The third-order valence-corrected chi connectivity index (χ3v) is 8.53. The summed E-state index contributed by atoms with van der Waals surface area (Å²) in [5.41, 5.74) is 1.31. The number of hydrogen-bond acceptors (Lipinski definition) is 5. The van der Waals surface area contributed by atoms with Crippen LogP contribution in [0.2, 0.25) is 0 Å². The summed E-state index contributed by atoms with van der Waals surface area (Å²) in [6.07, 6.45) is 1.93. The molecule has 0 bridgehead atoms. The Bertz CT molecular complexity index is 1120. The van der Waals surface area contributed by atoms with Crippen LogP contribution < -0.4 is 5.32 Å². The number of hydrogen-bond donors (Lipinski definition) is 1. The lowest BCUT2D eigenvalue weighted by molar-refractivity contribution is -0.118. The van der Waals surface area contributed by atoms with Gasteiger partial charge in [-0.3, -0.25) is 4.79 Å². The molecule has 3 aromatic rings. The van der Waals surface area contributed by atoms with E-state index in [0.29, 0.717) is 23.7 Å². The van der Waals surface area contributed by atoms with Gasteiger partial charge in [0.25, 0.3) is 0 Å². The van der Waals surface area contributed by atoms with Gasteiger partial charge in [-0.15, -0.1) is 11.3 Å². The van der Waals surface area contributed by atoms with Gasteiger partial charge in [0.1, 0.15) is 5.82 Å². The molecule has 0 unspecified atom stereocenters. The van der Waals surface area contributed by atoms with Crippen LogP contribution in [0.5, 0.6) is 0 Å². The predicted octanol–water partition coefficient (Wildman–Crippen LogP) is 4.67. The number of nitrogens with one attached hydrogen (secondary N) is 1. The average Bonchev–Trinajstić information content (AvgIpc) is 3.40. The molecule has 1 saturated carbocycles. The van der Waals surface area contributed by atoms with E-state index in [1.807, 2.05) is 0 Å². The highest BCUT2D eigenvalue weighted by Crippen LogP contribution is 2.41. The summed E-state index contributed by atoms with van der Waals surface area (Å²) in [5.74, 6) is -0.884. The maximum atomic E-state index is 13.3. The van der Waals surface area contributed by atoms with E-state index in [9.17, 15) is 17.6 Å². The minimum Gasteiger partial charge on any atom is -0.301 e. The zero-order chi connectivity index (χ0) is 20.5. The van der Waals surface area contributed by atoms with Gasteiger partial charge in [0.15, 0.2) is 19.7 Å². The summed E-state index contributed by atoms with van der Waals surface area (Å²) in [7, 11) is -3.85. The fourth-order valence-electron chi connectivity index (χ4n) is 3.68. The van der Waals surface area contributed by atoms with Gasteiger partial charge in [0.2, 0.25) is 5.91 Å². The van der Waals surface area contributed by atoms with Crippen LogP contribution in [0.1, 0.15) is 25.7 Å². The molecule has 0 radical (unpaired) electrons. The molecule has 150 valence electrons. The van der Waals surface area contributed by atoms with E-state index in [2.05, 4.69) is 10.3 Å². The third-order valence-electron chi connectivity index (χ3n) is 5.26. The lowest BCUT2D eigenvalue weighted by Crippen LogP contribution is -2.47. The Morgan fingerprint density at radius 3 is 2.34 bits per heavy atom. The average molecular weight is 431 g/mol. The second-order valence-electron chi connectivity index (χ2n) is 7.02. The molecule has 1 aliphatic carbocycles. The van der Waals surface area contributed by atoms with E-state index < -0.39 is 20.5 Å². The van der Waals surface area contributed by atoms with Crippen molar-refractivity contribution in [3.63, 3.8) is 0 Å². The van der Waals surface area contributed by atoms with Crippen LogP contribution >= 0.6 is 11.3 Å². The quantitative estimate of drug-likeness (QED) is 0.638. The summed E-state index contributed by atoms with van der Waals surface area (Å²) in [5, 5.41) is 4.79. The number of sulfone groups is 1. The van der Waals surface area contributed by atoms with E-state index in [-0.39, 0.29) is 23.6 Å². The van der Waals surface area contributed by atoms with Gasteiger partial charge >= 0.3 is 0 Å². The van der Waals surface area contributed by atoms with Crippen molar-refractivity contribution in [2.45, 2.75) is 35.3 Å². The summed E-state index contributed by atoms with van der Waals surface area (Å²) >= 11 is 1.21.